The Labute approximate surface area is 135 Å². The summed E-state index contributed by atoms with van der Waals surface area (Å²) in [7, 11) is 0. The molecule has 2 aromatic heterocycles. The average Bonchev–Trinajstić information content (AvgIpc) is 3.02. The van der Waals surface area contributed by atoms with Gasteiger partial charge >= 0.3 is 0 Å². The Kier molecular flexibility index (Phi) is 3.61. The molecule has 0 aliphatic carbocycles. The highest BCUT2D eigenvalue weighted by atomic mass is 16.5. The Balaban J connectivity index is 1.76. The van der Waals surface area contributed by atoms with Crippen LogP contribution in [0.4, 0.5) is 11.5 Å². The van der Waals surface area contributed by atoms with Crippen molar-refractivity contribution in [1.29, 1.82) is 0 Å². The fourth-order valence-corrected chi connectivity index (χ4v) is 3.09. The highest BCUT2D eigenvalue weighted by molar-refractivity contribution is 5.71. The van der Waals surface area contributed by atoms with E-state index in [2.05, 4.69) is 22.5 Å². The Morgan fingerprint density at radius 1 is 1.30 bits per heavy atom. The zero-order chi connectivity index (χ0) is 15.7. The lowest BCUT2D eigenvalue weighted by atomic mass is 10.0. The maximum Gasteiger partial charge on any atom is 0.180 e. The SMILES string of the molecule is CC1(Nc2nc(-c3ccccn3)nc3c2NCCC3)CCOC1. The normalized spacial score (nSPS) is 23.2. The van der Waals surface area contributed by atoms with E-state index in [9.17, 15) is 0 Å². The summed E-state index contributed by atoms with van der Waals surface area (Å²) in [6, 6.07) is 5.81. The number of fused-ring (bicyclic) bond motifs is 1. The van der Waals surface area contributed by atoms with Gasteiger partial charge in [-0.2, -0.15) is 0 Å². The van der Waals surface area contributed by atoms with Crippen LogP contribution < -0.4 is 10.6 Å². The number of hydrogen-bond acceptors (Lipinski definition) is 6. The van der Waals surface area contributed by atoms with Crippen LogP contribution in [0.3, 0.4) is 0 Å². The number of aromatic nitrogens is 3. The van der Waals surface area contributed by atoms with E-state index in [0.717, 1.165) is 55.3 Å². The first-order valence-corrected chi connectivity index (χ1v) is 8.16. The molecule has 23 heavy (non-hydrogen) atoms. The largest absolute Gasteiger partial charge is 0.381 e. The first-order valence-electron chi connectivity index (χ1n) is 8.16. The molecule has 6 heteroatoms. The molecule has 0 spiro atoms. The molecular formula is C17H21N5O. The lowest BCUT2D eigenvalue weighted by Gasteiger charge is -2.28. The summed E-state index contributed by atoms with van der Waals surface area (Å²) in [5, 5.41) is 7.04. The number of pyridine rings is 1. The molecule has 0 aromatic carbocycles. The monoisotopic (exact) mass is 311 g/mol. The summed E-state index contributed by atoms with van der Waals surface area (Å²) in [5.74, 6) is 1.54. The molecule has 120 valence electrons. The molecule has 0 bridgehead atoms. The van der Waals surface area contributed by atoms with Crippen LogP contribution in [0.1, 0.15) is 25.5 Å². The van der Waals surface area contributed by atoms with Gasteiger partial charge in [-0.15, -0.1) is 0 Å². The summed E-state index contributed by atoms with van der Waals surface area (Å²) in [4.78, 5) is 13.9. The van der Waals surface area contributed by atoms with Crippen LogP contribution in [0.25, 0.3) is 11.5 Å². The smallest absolute Gasteiger partial charge is 0.180 e. The molecule has 0 radical (unpaired) electrons. The minimum atomic E-state index is -0.0807. The molecule has 2 aliphatic rings. The molecule has 0 amide bonds. The number of nitrogens with one attached hydrogen (secondary N) is 2. The van der Waals surface area contributed by atoms with Crippen molar-refractivity contribution in [1.82, 2.24) is 15.0 Å². The number of hydrogen-bond donors (Lipinski definition) is 2. The Morgan fingerprint density at radius 2 is 2.26 bits per heavy atom. The van der Waals surface area contributed by atoms with E-state index in [0.29, 0.717) is 12.4 Å². The number of aryl methyl sites for hydroxylation is 1. The van der Waals surface area contributed by atoms with E-state index in [1.807, 2.05) is 18.2 Å². The second-order valence-corrected chi connectivity index (χ2v) is 6.45. The third kappa shape index (κ3) is 2.86. The van der Waals surface area contributed by atoms with Gasteiger partial charge in [-0.05, 0) is 38.3 Å². The quantitative estimate of drug-likeness (QED) is 0.907. The molecule has 1 fully saturated rings. The topological polar surface area (TPSA) is 72.0 Å². The summed E-state index contributed by atoms with van der Waals surface area (Å²) >= 11 is 0. The van der Waals surface area contributed by atoms with E-state index < -0.39 is 0 Å². The molecule has 1 unspecified atom stereocenters. The molecule has 0 saturated carbocycles. The van der Waals surface area contributed by atoms with Crippen LogP contribution in [-0.4, -0.2) is 40.2 Å². The van der Waals surface area contributed by atoms with Crippen molar-refractivity contribution in [3.05, 3.63) is 30.1 Å². The van der Waals surface area contributed by atoms with Gasteiger partial charge in [-0.3, -0.25) is 4.98 Å². The van der Waals surface area contributed by atoms with Crippen molar-refractivity contribution in [3.63, 3.8) is 0 Å². The Morgan fingerprint density at radius 3 is 3.04 bits per heavy atom. The van der Waals surface area contributed by atoms with Crippen LogP contribution in [0.15, 0.2) is 24.4 Å². The molecule has 1 saturated heterocycles. The fraction of sp³-hybridized carbons (Fsp3) is 0.471. The molecule has 4 heterocycles. The van der Waals surface area contributed by atoms with E-state index in [1.54, 1.807) is 6.20 Å². The first-order chi connectivity index (χ1) is 11.2. The van der Waals surface area contributed by atoms with Crippen LogP contribution in [0, 0.1) is 0 Å². The molecule has 2 N–H and O–H groups in total. The van der Waals surface area contributed by atoms with Gasteiger partial charge in [0, 0.05) is 19.3 Å². The zero-order valence-corrected chi connectivity index (χ0v) is 13.3. The van der Waals surface area contributed by atoms with Crippen molar-refractivity contribution in [2.75, 3.05) is 30.4 Å². The minimum absolute atomic E-state index is 0.0807. The van der Waals surface area contributed by atoms with Crippen molar-refractivity contribution in [3.8, 4) is 11.5 Å². The number of nitrogens with zero attached hydrogens (tertiary/aromatic N) is 3. The van der Waals surface area contributed by atoms with Gasteiger partial charge in [0.2, 0.25) is 0 Å². The molecule has 6 nitrogen and oxygen atoms in total. The number of anilines is 2. The number of ether oxygens (including phenoxy) is 1. The van der Waals surface area contributed by atoms with Crippen molar-refractivity contribution in [2.24, 2.45) is 0 Å². The van der Waals surface area contributed by atoms with E-state index in [1.165, 1.54) is 0 Å². The zero-order valence-electron chi connectivity index (χ0n) is 13.3. The molecule has 2 aromatic rings. The maximum atomic E-state index is 5.55. The second kappa shape index (κ2) is 5.77. The van der Waals surface area contributed by atoms with Crippen LogP contribution in [0.2, 0.25) is 0 Å². The highest BCUT2D eigenvalue weighted by Gasteiger charge is 2.32. The van der Waals surface area contributed by atoms with Crippen molar-refractivity contribution < 1.29 is 4.74 Å². The van der Waals surface area contributed by atoms with Crippen LogP contribution >= 0.6 is 0 Å². The standard InChI is InChI=1S/C17H21N5O/c1-17(7-10-23-11-17)22-16-14-12(6-4-9-19-14)20-15(21-16)13-5-2-3-8-18-13/h2-3,5,8,19H,4,6-7,9-11H2,1H3,(H,20,21,22). The fourth-order valence-electron chi connectivity index (χ4n) is 3.09. The van der Waals surface area contributed by atoms with E-state index >= 15 is 0 Å². The van der Waals surface area contributed by atoms with Gasteiger partial charge in [-0.25, -0.2) is 9.97 Å². The lowest BCUT2D eigenvalue weighted by molar-refractivity contribution is 0.185. The lowest BCUT2D eigenvalue weighted by Crippen LogP contribution is -2.36. The van der Waals surface area contributed by atoms with Crippen LogP contribution in [-0.2, 0) is 11.2 Å². The molecule has 4 rings (SSSR count). The first kappa shape index (κ1) is 14.4. The van der Waals surface area contributed by atoms with Gasteiger partial charge in [-0.1, -0.05) is 6.07 Å². The van der Waals surface area contributed by atoms with Gasteiger partial charge in [0.05, 0.1) is 23.5 Å². The van der Waals surface area contributed by atoms with Gasteiger partial charge in [0.25, 0.3) is 0 Å². The van der Waals surface area contributed by atoms with Crippen molar-refractivity contribution in [2.45, 2.75) is 31.7 Å². The summed E-state index contributed by atoms with van der Waals surface area (Å²) in [6.45, 7) is 4.63. The third-order valence-electron chi connectivity index (χ3n) is 4.41. The Hall–Kier alpha value is -2.21. The van der Waals surface area contributed by atoms with Gasteiger partial charge < -0.3 is 15.4 Å². The molecule has 2 aliphatic heterocycles. The van der Waals surface area contributed by atoms with Crippen LogP contribution in [0.5, 0.6) is 0 Å². The predicted molar refractivity (Wildman–Crippen MR) is 89.5 cm³/mol. The van der Waals surface area contributed by atoms with Gasteiger partial charge in [0.15, 0.2) is 11.6 Å². The van der Waals surface area contributed by atoms with E-state index in [4.69, 9.17) is 14.7 Å². The van der Waals surface area contributed by atoms with Gasteiger partial charge in [0.1, 0.15) is 5.69 Å². The Bertz CT molecular complexity index is 698. The highest BCUT2D eigenvalue weighted by Crippen LogP contribution is 2.33. The second-order valence-electron chi connectivity index (χ2n) is 6.45. The van der Waals surface area contributed by atoms with Crippen molar-refractivity contribution >= 4 is 11.5 Å². The summed E-state index contributed by atoms with van der Waals surface area (Å²) in [6.07, 6.45) is 4.80. The minimum Gasteiger partial charge on any atom is -0.381 e. The van der Waals surface area contributed by atoms with E-state index in [-0.39, 0.29) is 5.54 Å². The predicted octanol–water partition coefficient (Wildman–Crippen LogP) is 2.49. The molecule has 1 atom stereocenters. The number of rotatable bonds is 3. The average molecular weight is 311 g/mol. The summed E-state index contributed by atoms with van der Waals surface area (Å²) in [5.41, 5.74) is 2.82. The third-order valence-corrected chi connectivity index (χ3v) is 4.41. The maximum absolute atomic E-state index is 5.55. The summed E-state index contributed by atoms with van der Waals surface area (Å²) < 4.78 is 5.55. The molecular weight excluding hydrogens is 290 g/mol.